The average Bonchev–Trinajstić information content (AvgIpc) is 3.59. The fourth-order valence-electron chi connectivity index (χ4n) is 7.55. The number of anilines is 2. The molecule has 2 spiro atoms. The number of hydrogen-bond acceptors (Lipinski definition) is 4. The molecule has 2 fully saturated rings. The number of carbonyl (C=O) groups excluding carboxylic acids is 3. The van der Waals surface area contributed by atoms with E-state index in [1.807, 2.05) is 49.4 Å². The van der Waals surface area contributed by atoms with Crippen molar-refractivity contribution >= 4 is 40.6 Å². The molecule has 3 aromatic carbocycles. The van der Waals surface area contributed by atoms with Crippen molar-refractivity contribution in [3.05, 3.63) is 94.0 Å². The lowest BCUT2D eigenvalue weighted by molar-refractivity contribution is -0.137. The Labute approximate surface area is 213 Å². The fourth-order valence-corrected chi connectivity index (χ4v) is 7.67. The second kappa shape index (κ2) is 7.28. The molecule has 4 aliphatic heterocycles. The normalized spacial score (nSPS) is 29.8. The number of ketones is 1. The smallest absolute Gasteiger partial charge is 0.251 e. The van der Waals surface area contributed by atoms with E-state index in [9.17, 15) is 14.4 Å². The van der Waals surface area contributed by atoms with E-state index in [0.717, 1.165) is 29.7 Å². The quantitative estimate of drug-likeness (QED) is 0.505. The Bertz CT molecular complexity index is 1490. The molecule has 180 valence electrons. The van der Waals surface area contributed by atoms with Crippen molar-refractivity contribution in [1.82, 2.24) is 4.90 Å². The van der Waals surface area contributed by atoms with E-state index in [1.165, 1.54) is 0 Å². The summed E-state index contributed by atoms with van der Waals surface area (Å²) in [5.74, 6) is -1.42. The van der Waals surface area contributed by atoms with Crippen LogP contribution in [0.25, 0.3) is 0 Å². The molecule has 4 unspecified atom stereocenters. The third-order valence-corrected chi connectivity index (χ3v) is 9.00. The predicted octanol–water partition coefficient (Wildman–Crippen LogP) is 4.66. The molecule has 0 aromatic heterocycles. The van der Waals surface area contributed by atoms with Gasteiger partial charge in [-0.25, -0.2) is 0 Å². The van der Waals surface area contributed by atoms with Crippen molar-refractivity contribution in [2.45, 2.75) is 36.8 Å². The van der Waals surface area contributed by atoms with E-state index in [1.54, 1.807) is 24.3 Å². The van der Waals surface area contributed by atoms with Gasteiger partial charge in [-0.3, -0.25) is 19.3 Å². The van der Waals surface area contributed by atoms with Crippen LogP contribution in [0.3, 0.4) is 0 Å². The molecule has 4 atom stereocenters. The van der Waals surface area contributed by atoms with Crippen LogP contribution in [-0.4, -0.2) is 35.1 Å². The first-order valence-corrected chi connectivity index (χ1v) is 12.7. The molecule has 36 heavy (non-hydrogen) atoms. The van der Waals surface area contributed by atoms with Crippen LogP contribution in [0.2, 0.25) is 5.02 Å². The van der Waals surface area contributed by atoms with Crippen LogP contribution in [-0.2, 0) is 20.5 Å². The number of halogens is 1. The van der Waals surface area contributed by atoms with Gasteiger partial charge in [0.25, 0.3) is 5.91 Å². The summed E-state index contributed by atoms with van der Waals surface area (Å²) in [4.78, 5) is 45.4. The molecule has 0 aliphatic carbocycles. The number of carbonyl (C=O) groups is 3. The highest BCUT2D eigenvalue weighted by atomic mass is 35.5. The number of aryl methyl sites for hydroxylation is 1. The highest BCUT2D eigenvalue weighted by molar-refractivity contribution is 6.30. The van der Waals surface area contributed by atoms with Gasteiger partial charge in [0.15, 0.2) is 5.78 Å². The van der Waals surface area contributed by atoms with Gasteiger partial charge in [-0.1, -0.05) is 48.0 Å². The first-order chi connectivity index (χ1) is 17.4. The second-order valence-corrected chi connectivity index (χ2v) is 10.7. The molecule has 0 bridgehead atoms. The van der Waals surface area contributed by atoms with Crippen molar-refractivity contribution in [1.29, 1.82) is 0 Å². The molecule has 0 radical (unpaired) electrons. The summed E-state index contributed by atoms with van der Waals surface area (Å²) in [5, 5.41) is 6.73. The minimum atomic E-state index is -1.42. The second-order valence-electron chi connectivity index (χ2n) is 10.2. The molecule has 2 amide bonds. The monoisotopic (exact) mass is 497 g/mol. The van der Waals surface area contributed by atoms with Crippen molar-refractivity contribution in [3.8, 4) is 0 Å². The fraction of sp³-hybridized carbons (Fsp3) is 0.276. The average molecular weight is 498 g/mol. The van der Waals surface area contributed by atoms with E-state index in [4.69, 9.17) is 11.6 Å². The zero-order chi connectivity index (χ0) is 24.8. The molecule has 0 saturated carbocycles. The van der Waals surface area contributed by atoms with Gasteiger partial charge >= 0.3 is 0 Å². The van der Waals surface area contributed by atoms with E-state index < -0.39 is 16.9 Å². The first-order valence-electron chi connectivity index (χ1n) is 12.3. The molecule has 7 heteroatoms. The van der Waals surface area contributed by atoms with Gasteiger partial charge in [0, 0.05) is 33.6 Å². The van der Waals surface area contributed by atoms with Gasteiger partial charge in [-0.2, -0.15) is 0 Å². The molecule has 6 nitrogen and oxygen atoms in total. The lowest BCUT2D eigenvalue weighted by Gasteiger charge is -2.43. The van der Waals surface area contributed by atoms with Gasteiger partial charge in [0.2, 0.25) is 5.91 Å². The Kier molecular flexibility index (Phi) is 4.40. The number of fused-ring (bicyclic) bond motifs is 7. The number of amides is 2. The highest BCUT2D eigenvalue weighted by Crippen LogP contribution is 2.68. The van der Waals surface area contributed by atoms with Crippen LogP contribution in [0, 0.1) is 12.8 Å². The summed E-state index contributed by atoms with van der Waals surface area (Å²) < 4.78 is 0. The van der Waals surface area contributed by atoms with Gasteiger partial charge in [0.05, 0.1) is 5.92 Å². The van der Waals surface area contributed by atoms with Crippen LogP contribution < -0.4 is 10.6 Å². The summed E-state index contributed by atoms with van der Waals surface area (Å²) in [7, 11) is 0. The maximum atomic E-state index is 14.5. The predicted molar refractivity (Wildman–Crippen MR) is 137 cm³/mol. The minimum Gasteiger partial charge on any atom is -0.325 e. The summed E-state index contributed by atoms with van der Waals surface area (Å²) in [6.07, 6.45) is 1.59. The number of rotatable bonds is 2. The highest BCUT2D eigenvalue weighted by Gasteiger charge is 2.81. The first kappa shape index (κ1) is 21.8. The van der Waals surface area contributed by atoms with Crippen LogP contribution in [0.4, 0.5) is 11.4 Å². The molecular formula is C29H24ClN3O3. The Morgan fingerprint density at radius 2 is 1.69 bits per heavy atom. The maximum absolute atomic E-state index is 14.5. The summed E-state index contributed by atoms with van der Waals surface area (Å²) in [5.41, 5.74) is 1.55. The SMILES string of the molecule is Cc1cccc2c1NC(=O)C21N2CCCC2C(C(=O)c2ccc(Cl)cc2)C12C(=O)Nc1ccccc12. The maximum Gasteiger partial charge on any atom is 0.251 e. The Morgan fingerprint density at radius 3 is 2.50 bits per heavy atom. The molecule has 2 N–H and O–H groups in total. The molecule has 2 saturated heterocycles. The molecular weight excluding hydrogens is 474 g/mol. The number of nitrogens with zero attached hydrogens (tertiary/aromatic N) is 1. The van der Waals surface area contributed by atoms with Gasteiger partial charge in [0.1, 0.15) is 11.0 Å². The topological polar surface area (TPSA) is 78.5 Å². The number of benzene rings is 3. The minimum absolute atomic E-state index is 0.138. The van der Waals surface area contributed by atoms with E-state index >= 15 is 0 Å². The Morgan fingerprint density at radius 1 is 0.944 bits per heavy atom. The zero-order valence-corrected chi connectivity index (χ0v) is 20.4. The van der Waals surface area contributed by atoms with Crippen LogP contribution in [0.1, 0.15) is 39.9 Å². The number of hydrogen-bond donors (Lipinski definition) is 2. The molecule has 3 aromatic rings. The third-order valence-electron chi connectivity index (χ3n) is 8.75. The standard InChI is InChI=1S/C29H24ClN3O3/c1-16-6-4-8-20-24(16)32-27(36)29(20)28(19-7-2-3-9-21(19)31-26(28)35)23(22-10-5-15-33(22)29)25(34)17-11-13-18(30)14-12-17/h2-4,6-9,11-14,22-23H,5,10,15H2,1H3,(H,31,35)(H,32,36). The number of para-hydroxylation sites is 2. The largest absolute Gasteiger partial charge is 0.325 e. The van der Waals surface area contributed by atoms with E-state index in [2.05, 4.69) is 15.5 Å². The molecule has 4 aliphatic rings. The van der Waals surface area contributed by atoms with Crippen molar-refractivity contribution in [3.63, 3.8) is 0 Å². The van der Waals surface area contributed by atoms with Gasteiger partial charge in [-0.15, -0.1) is 0 Å². The van der Waals surface area contributed by atoms with Crippen LogP contribution in [0.15, 0.2) is 66.7 Å². The van der Waals surface area contributed by atoms with Crippen LogP contribution in [0.5, 0.6) is 0 Å². The van der Waals surface area contributed by atoms with Crippen LogP contribution >= 0.6 is 11.6 Å². The lowest BCUT2D eigenvalue weighted by Crippen LogP contribution is -2.62. The molecule has 4 heterocycles. The van der Waals surface area contributed by atoms with Gasteiger partial charge in [-0.05, 0) is 67.8 Å². The summed E-state index contributed by atoms with van der Waals surface area (Å²) in [6, 6.07) is 19.9. The Hall–Kier alpha value is -3.48. The van der Waals surface area contributed by atoms with Crippen molar-refractivity contribution < 1.29 is 14.4 Å². The Balaban J connectivity index is 1.59. The number of nitrogens with one attached hydrogen (secondary N) is 2. The number of Topliss-reactive ketones (excluding diaryl/α,β-unsaturated/α-hetero) is 1. The van der Waals surface area contributed by atoms with Gasteiger partial charge < -0.3 is 10.6 Å². The summed E-state index contributed by atoms with van der Waals surface area (Å²) in [6.45, 7) is 2.59. The van der Waals surface area contributed by atoms with Crippen molar-refractivity contribution in [2.24, 2.45) is 5.92 Å². The lowest BCUT2D eigenvalue weighted by atomic mass is 9.57. The van der Waals surface area contributed by atoms with Crippen molar-refractivity contribution in [2.75, 3.05) is 17.2 Å². The third kappa shape index (κ3) is 2.34. The zero-order valence-electron chi connectivity index (χ0n) is 19.7. The summed E-state index contributed by atoms with van der Waals surface area (Å²) >= 11 is 6.13. The molecule has 7 rings (SSSR count). The van der Waals surface area contributed by atoms with E-state index in [-0.39, 0.29) is 23.6 Å². The van der Waals surface area contributed by atoms with E-state index in [0.29, 0.717) is 28.4 Å².